The number of phenolic OH excluding ortho intramolecular Hbond substituents is 1. The summed E-state index contributed by atoms with van der Waals surface area (Å²) < 4.78 is 6.02. The van der Waals surface area contributed by atoms with Gasteiger partial charge in [-0.25, -0.2) is 0 Å². The third-order valence-corrected chi connectivity index (χ3v) is 3.30. The molecule has 1 aromatic carbocycles. The molecule has 2 N–H and O–H groups in total. The van der Waals surface area contributed by atoms with E-state index in [1.165, 1.54) is 0 Å². The highest BCUT2D eigenvalue weighted by molar-refractivity contribution is 9.10. The van der Waals surface area contributed by atoms with E-state index in [-0.39, 0.29) is 17.6 Å². The first-order valence-corrected chi connectivity index (χ1v) is 7.33. The molecular formula is C14H20BrNO3. The predicted octanol–water partition coefficient (Wildman–Crippen LogP) is 3.55. The molecule has 1 heterocycles. The quantitative estimate of drug-likeness (QED) is 0.816. The third-order valence-electron chi connectivity index (χ3n) is 2.81. The van der Waals surface area contributed by atoms with Crippen LogP contribution < -0.4 is 5.32 Å². The van der Waals surface area contributed by atoms with E-state index in [1.54, 1.807) is 18.2 Å². The molecule has 0 unspecified atom stereocenters. The number of phenols is 1. The van der Waals surface area contributed by atoms with Crippen LogP contribution in [0.4, 0.5) is 5.69 Å². The van der Waals surface area contributed by atoms with Gasteiger partial charge in [0.15, 0.2) is 0 Å². The molecule has 1 amide bonds. The maximum atomic E-state index is 11.9. The second-order valence-corrected chi connectivity index (χ2v) is 4.95. The molecule has 106 valence electrons. The molecule has 0 aromatic heterocycles. The van der Waals surface area contributed by atoms with Crippen LogP contribution in [0, 0.1) is 5.92 Å². The lowest BCUT2D eigenvalue weighted by atomic mass is 9.99. The van der Waals surface area contributed by atoms with E-state index >= 15 is 0 Å². The van der Waals surface area contributed by atoms with Crippen molar-refractivity contribution in [3.05, 3.63) is 22.7 Å². The minimum absolute atomic E-state index is 0.0258. The summed E-state index contributed by atoms with van der Waals surface area (Å²) in [6, 6.07) is 4.95. The molecule has 1 aromatic rings. The minimum atomic E-state index is -0.0540. The fraction of sp³-hybridized carbons (Fsp3) is 0.500. The number of benzene rings is 1. The zero-order valence-electron chi connectivity index (χ0n) is 11.3. The molecule has 0 aliphatic carbocycles. The fourth-order valence-corrected chi connectivity index (χ4v) is 2.16. The summed E-state index contributed by atoms with van der Waals surface area (Å²) in [4.78, 5) is 11.9. The highest BCUT2D eigenvalue weighted by Gasteiger charge is 2.22. The van der Waals surface area contributed by atoms with Crippen LogP contribution in [0.5, 0.6) is 5.75 Å². The number of ether oxygens (including phenoxy) is 1. The molecule has 2 rings (SSSR count). The lowest BCUT2D eigenvalue weighted by molar-refractivity contribution is -0.122. The van der Waals surface area contributed by atoms with E-state index in [2.05, 4.69) is 21.2 Å². The lowest BCUT2D eigenvalue weighted by Gasteiger charge is -2.21. The Labute approximate surface area is 122 Å². The average molecular weight is 330 g/mol. The number of rotatable bonds is 2. The number of anilines is 1. The molecule has 19 heavy (non-hydrogen) atoms. The number of hydrogen-bond acceptors (Lipinski definition) is 3. The molecule has 1 saturated heterocycles. The van der Waals surface area contributed by atoms with Crippen LogP contribution in [0.15, 0.2) is 22.7 Å². The van der Waals surface area contributed by atoms with Gasteiger partial charge in [-0.2, -0.15) is 0 Å². The van der Waals surface area contributed by atoms with E-state index < -0.39 is 0 Å². The Bertz CT molecular complexity index is 417. The largest absolute Gasteiger partial charge is 0.506 e. The number of hydrogen-bond donors (Lipinski definition) is 2. The van der Waals surface area contributed by atoms with Crippen molar-refractivity contribution in [2.24, 2.45) is 5.92 Å². The summed E-state index contributed by atoms with van der Waals surface area (Å²) in [6.45, 7) is 5.26. The van der Waals surface area contributed by atoms with Crippen molar-refractivity contribution < 1.29 is 14.6 Å². The molecule has 1 aliphatic heterocycles. The van der Waals surface area contributed by atoms with Gasteiger partial charge in [-0.3, -0.25) is 4.79 Å². The van der Waals surface area contributed by atoms with Crippen molar-refractivity contribution in [3.8, 4) is 5.75 Å². The summed E-state index contributed by atoms with van der Waals surface area (Å²) in [7, 11) is 0. The van der Waals surface area contributed by atoms with Crippen molar-refractivity contribution in [1.82, 2.24) is 0 Å². The molecular weight excluding hydrogens is 310 g/mol. The number of carbonyl (C=O) groups is 1. The van der Waals surface area contributed by atoms with Gasteiger partial charge in [0.2, 0.25) is 5.91 Å². The number of halogens is 1. The van der Waals surface area contributed by atoms with Gasteiger partial charge in [-0.1, -0.05) is 29.8 Å². The second-order valence-electron chi connectivity index (χ2n) is 4.04. The third kappa shape index (κ3) is 4.84. The van der Waals surface area contributed by atoms with Gasteiger partial charge >= 0.3 is 0 Å². The lowest BCUT2D eigenvalue weighted by Crippen LogP contribution is -2.28. The maximum Gasteiger partial charge on any atom is 0.227 e. The summed E-state index contributed by atoms with van der Waals surface area (Å²) in [6.07, 6.45) is 1.47. The zero-order chi connectivity index (χ0) is 14.3. The van der Waals surface area contributed by atoms with Crippen molar-refractivity contribution >= 4 is 27.5 Å². The molecule has 1 aliphatic rings. The van der Waals surface area contributed by atoms with Crippen LogP contribution in [0.2, 0.25) is 0 Å². The molecule has 4 nitrogen and oxygen atoms in total. The topological polar surface area (TPSA) is 58.6 Å². The van der Waals surface area contributed by atoms with E-state index in [0.29, 0.717) is 18.9 Å². The highest BCUT2D eigenvalue weighted by atomic mass is 79.9. The first-order chi connectivity index (χ1) is 9.16. The van der Waals surface area contributed by atoms with Gasteiger partial charge < -0.3 is 15.2 Å². The van der Waals surface area contributed by atoms with E-state index in [4.69, 9.17) is 4.74 Å². The standard InChI is InChI=1S/C12H14BrNO3.C2H6/c13-9-1-2-11(15)10(7-9)14-12(16)8-3-5-17-6-4-8;1-2/h1-2,7-8,15H,3-6H2,(H,14,16);1-2H3. The molecule has 0 bridgehead atoms. The van der Waals surface area contributed by atoms with Gasteiger partial charge in [-0.05, 0) is 31.0 Å². The molecule has 0 saturated carbocycles. The maximum absolute atomic E-state index is 11.9. The van der Waals surface area contributed by atoms with Crippen LogP contribution in [-0.2, 0) is 9.53 Å². The van der Waals surface area contributed by atoms with Gasteiger partial charge in [0.25, 0.3) is 0 Å². The zero-order valence-corrected chi connectivity index (χ0v) is 12.9. The van der Waals surface area contributed by atoms with Gasteiger partial charge in [0, 0.05) is 23.6 Å². The first-order valence-electron chi connectivity index (χ1n) is 6.54. The summed E-state index contributed by atoms with van der Waals surface area (Å²) in [5.41, 5.74) is 0.441. The predicted molar refractivity (Wildman–Crippen MR) is 79.3 cm³/mol. The normalized spacial score (nSPS) is 15.3. The minimum Gasteiger partial charge on any atom is -0.506 e. The van der Waals surface area contributed by atoms with Crippen molar-refractivity contribution in [1.29, 1.82) is 0 Å². The molecule has 0 spiro atoms. The Morgan fingerprint density at radius 2 is 2.00 bits per heavy atom. The fourth-order valence-electron chi connectivity index (χ4n) is 1.80. The van der Waals surface area contributed by atoms with Crippen LogP contribution in [0.1, 0.15) is 26.7 Å². The van der Waals surface area contributed by atoms with E-state index in [1.807, 2.05) is 13.8 Å². The monoisotopic (exact) mass is 329 g/mol. The SMILES string of the molecule is CC.O=C(Nc1cc(Br)ccc1O)C1CCOCC1. The van der Waals surface area contributed by atoms with Crippen LogP contribution in [0.3, 0.4) is 0 Å². The smallest absolute Gasteiger partial charge is 0.227 e. The number of carbonyl (C=O) groups excluding carboxylic acids is 1. The number of amides is 1. The highest BCUT2D eigenvalue weighted by Crippen LogP contribution is 2.28. The van der Waals surface area contributed by atoms with Crippen molar-refractivity contribution in [3.63, 3.8) is 0 Å². The number of aromatic hydroxyl groups is 1. The molecule has 0 radical (unpaired) electrons. The Hall–Kier alpha value is -1.07. The molecule has 5 heteroatoms. The second kappa shape index (κ2) is 8.17. The van der Waals surface area contributed by atoms with Crippen LogP contribution in [-0.4, -0.2) is 24.2 Å². The Morgan fingerprint density at radius 3 is 2.63 bits per heavy atom. The Morgan fingerprint density at radius 1 is 1.37 bits per heavy atom. The molecule has 0 atom stereocenters. The molecule has 1 fully saturated rings. The van der Waals surface area contributed by atoms with Gasteiger partial charge in [0.05, 0.1) is 5.69 Å². The first kappa shape index (κ1) is 16.0. The Kier molecular flexibility index (Phi) is 6.87. The Balaban J connectivity index is 0.000000861. The summed E-state index contributed by atoms with van der Waals surface area (Å²) in [5.74, 6) is -0.00237. The average Bonchev–Trinajstić information content (AvgIpc) is 2.46. The number of nitrogens with one attached hydrogen (secondary N) is 1. The van der Waals surface area contributed by atoms with E-state index in [0.717, 1.165) is 17.3 Å². The van der Waals surface area contributed by atoms with E-state index in [9.17, 15) is 9.90 Å². The van der Waals surface area contributed by atoms with Gasteiger partial charge in [0.1, 0.15) is 5.75 Å². The van der Waals surface area contributed by atoms with Crippen LogP contribution >= 0.6 is 15.9 Å². The van der Waals surface area contributed by atoms with Gasteiger partial charge in [-0.15, -0.1) is 0 Å². The van der Waals surface area contributed by atoms with Crippen molar-refractivity contribution in [2.45, 2.75) is 26.7 Å². The summed E-state index contributed by atoms with van der Waals surface area (Å²) in [5, 5.41) is 12.4. The van der Waals surface area contributed by atoms with Crippen molar-refractivity contribution in [2.75, 3.05) is 18.5 Å². The van der Waals surface area contributed by atoms with Crippen LogP contribution in [0.25, 0.3) is 0 Å². The summed E-state index contributed by atoms with van der Waals surface area (Å²) >= 11 is 3.30.